The van der Waals surface area contributed by atoms with Gasteiger partial charge in [-0.05, 0) is 43.2 Å². The Morgan fingerprint density at radius 3 is 2.56 bits per heavy atom. The number of carbonyl (C=O) groups is 1. The van der Waals surface area contributed by atoms with Crippen molar-refractivity contribution in [3.63, 3.8) is 0 Å². The number of aryl methyl sites for hydroxylation is 2. The van der Waals surface area contributed by atoms with Crippen LogP contribution in [0.1, 0.15) is 21.5 Å². The van der Waals surface area contributed by atoms with Crippen molar-refractivity contribution in [1.29, 1.82) is 0 Å². The fraction of sp³-hybridized carbons (Fsp3) is 0.133. The number of halogens is 1. The Labute approximate surface area is 110 Å². The van der Waals surface area contributed by atoms with Crippen LogP contribution < -0.4 is 0 Å². The van der Waals surface area contributed by atoms with Crippen molar-refractivity contribution < 1.29 is 9.18 Å². The molecule has 0 aliphatic heterocycles. The average Bonchev–Trinajstić information content (AvgIpc) is 2.36. The lowest BCUT2D eigenvalue weighted by Crippen LogP contribution is -1.90. The Hall–Kier alpha value is -1.61. The predicted molar refractivity (Wildman–Crippen MR) is 71.8 cm³/mol. The van der Waals surface area contributed by atoms with Crippen molar-refractivity contribution in [2.45, 2.75) is 23.6 Å². The van der Waals surface area contributed by atoms with Crippen LogP contribution in [0.4, 0.5) is 4.39 Å². The number of carbonyl (C=O) groups excluding carboxylic acids is 1. The quantitative estimate of drug-likeness (QED) is 0.760. The first-order chi connectivity index (χ1) is 8.61. The molecule has 0 aromatic heterocycles. The van der Waals surface area contributed by atoms with Gasteiger partial charge in [0.1, 0.15) is 5.82 Å². The van der Waals surface area contributed by atoms with E-state index in [1.54, 1.807) is 12.1 Å². The second kappa shape index (κ2) is 5.36. The summed E-state index contributed by atoms with van der Waals surface area (Å²) in [4.78, 5) is 12.2. The van der Waals surface area contributed by atoms with Crippen LogP contribution in [0.25, 0.3) is 0 Å². The summed E-state index contributed by atoms with van der Waals surface area (Å²) in [5, 5.41) is 0. The van der Waals surface area contributed by atoms with Gasteiger partial charge in [0.05, 0.1) is 4.90 Å². The highest BCUT2D eigenvalue weighted by Gasteiger charge is 2.10. The predicted octanol–water partition coefficient (Wildman–Crippen LogP) is 4.41. The Kier molecular flexibility index (Phi) is 3.82. The van der Waals surface area contributed by atoms with E-state index in [1.165, 1.54) is 23.4 Å². The van der Waals surface area contributed by atoms with Crippen molar-refractivity contribution in [3.05, 3.63) is 58.9 Å². The van der Waals surface area contributed by atoms with Crippen LogP contribution in [0, 0.1) is 19.7 Å². The normalized spacial score (nSPS) is 10.4. The third kappa shape index (κ3) is 2.62. The van der Waals surface area contributed by atoms with Crippen molar-refractivity contribution in [2.24, 2.45) is 0 Å². The number of hydrogen-bond donors (Lipinski definition) is 0. The lowest BCUT2D eigenvalue weighted by molar-refractivity contribution is 0.112. The highest BCUT2D eigenvalue weighted by atomic mass is 32.2. The van der Waals surface area contributed by atoms with Gasteiger partial charge in [-0.1, -0.05) is 30.0 Å². The second-order valence-corrected chi connectivity index (χ2v) is 5.21. The van der Waals surface area contributed by atoms with Crippen LogP contribution in [0.3, 0.4) is 0 Å². The standard InChI is InChI=1S/C15H13FOS/c1-10-6-7-13(8-11(10)2)18-15-12(9-17)4-3-5-14(15)16/h3-9H,1-2H3. The zero-order chi connectivity index (χ0) is 13.1. The highest BCUT2D eigenvalue weighted by Crippen LogP contribution is 2.32. The topological polar surface area (TPSA) is 17.1 Å². The zero-order valence-electron chi connectivity index (χ0n) is 10.2. The molecular weight excluding hydrogens is 247 g/mol. The molecular formula is C15H13FOS. The molecule has 0 heterocycles. The molecule has 1 nitrogen and oxygen atoms in total. The van der Waals surface area contributed by atoms with E-state index in [9.17, 15) is 9.18 Å². The maximum Gasteiger partial charge on any atom is 0.151 e. The fourth-order valence-electron chi connectivity index (χ4n) is 1.62. The molecule has 0 saturated heterocycles. The van der Waals surface area contributed by atoms with Crippen LogP contribution in [0.2, 0.25) is 0 Å². The molecule has 2 aromatic carbocycles. The Balaban J connectivity index is 2.39. The van der Waals surface area contributed by atoms with Gasteiger partial charge in [-0.3, -0.25) is 4.79 Å². The first kappa shape index (κ1) is 12.8. The highest BCUT2D eigenvalue weighted by molar-refractivity contribution is 7.99. The molecule has 2 rings (SSSR count). The summed E-state index contributed by atoms with van der Waals surface area (Å²) in [6.07, 6.45) is 0.687. The summed E-state index contributed by atoms with van der Waals surface area (Å²) in [6.45, 7) is 4.05. The monoisotopic (exact) mass is 260 g/mol. The number of rotatable bonds is 3. The van der Waals surface area contributed by atoms with Crippen LogP contribution in [0.15, 0.2) is 46.2 Å². The van der Waals surface area contributed by atoms with Gasteiger partial charge in [-0.25, -0.2) is 4.39 Å². The van der Waals surface area contributed by atoms with E-state index in [0.717, 1.165) is 10.5 Å². The summed E-state index contributed by atoms with van der Waals surface area (Å²) in [5.74, 6) is -0.358. The summed E-state index contributed by atoms with van der Waals surface area (Å²) < 4.78 is 13.7. The molecule has 0 spiro atoms. The van der Waals surface area contributed by atoms with E-state index in [4.69, 9.17) is 0 Å². The Morgan fingerprint density at radius 2 is 1.89 bits per heavy atom. The molecule has 0 radical (unpaired) electrons. The van der Waals surface area contributed by atoms with E-state index >= 15 is 0 Å². The number of hydrogen-bond acceptors (Lipinski definition) is 2. The van der Waals surface area contributed by atoms with Gasteiger partial charge < -0.3 is 0 Å². The summed E-state index contributed by atoms with van der Waals surface area (Å²) in [5.41, 5.74) is 2.74. The second-order valence-electron chi connectivity index (χ2n) is 4.12. The fourth-order valence-corrected chi connectivity index (χ4v) is 2.63. The SMILES string of the molecule is Cc1ccc(Sc2c(F)cccc2C=O)cc1C. The van der Waals surface area contributed by atoms with Crippen LogP contribution in [0.5, 0.6) is 0 Å². The summed E-state index contributed by atoms with van der Waals surface area (Å²) in [7, 11) is 0. The molecule has 3 heteroatoms. The zero-order valence-corrected chi connectivity index (χ0v) is 11.1. The molecule has 92 valence electrons. The molecule has 0 N–H and O–H groups in total. The maximum atomic E-state index is 13.7. The molecule has 0 aliphatic rings. The van der Waals surface area contributed by atoms with E-state index in [1.807, 2.05) is 32.0 Å². The van der Waals surface area contributed by atoms with Gasteiger partial charge in [0.2, 0.25) is 0 Å². The van der Waals surface area contributed by atoms with Crippen LogP contribution in [-0.2, 0) is 0 Å². The van der Waals surface area contributed by atoms with E-state index in [0.29, 0.717) is 16.7 Å². The molecule has 2 aromatic rings. The van der Waals surface area contributed by atoms with Gasteiger partial charge in [0, 0.05) is 10.5 Å². The van der Waals surface area contributed by atoms with Crippen LogP contribution in [-0.4, -0.2) is 6.29 Å². The molecule has 18 heavy (non-hydrogen) atoms. The molecule has 0 saturated carbocycles. The van der Waals surface area contributed by atoms with Crippen molar-refractivity contribution in [1.82, 2.24) is 0 Å². The Morgan fingerprint density at radius 1 is 1.11 bits per heavy atom. The first-order valence-electron chi connectivity index (χ1n) is 5.60. The minimum atomic E-state index is -0.358. The molecule has 0 amide bonds. The van der Waals surface area contributed by atoms with Gasteiger partial charge in [-0.15, -0.1) is 0 Å². The average molecular weight is 260 g/mol. The number of benzene rings is 2. The summed E-state index contributed by atoms with van der Waals surface area (Å²) in [6, 6.07) is 10.5. The third-order valence-corrected chi connectivity index (χ3v) is 3.95. The lowest BCUT2D eigenvalue weighted by Gasteiger charge is -2.08. The lowest BCUT2D eigenvalue weighted by atomic mass is 10.1. The molecule has 0 unspecified atom stereocenters. The van der Waals surface area contributed by atoms with Crippen molar-refractivity contribution in [3.8, 4) is 0 Å². The molecule has 0 bridgehead atoms. The van der Waals surface area contributed by atoms with Gasteiger partial charge in [0.15, 0.2) is 6.29 Å². The van der Waals surface area contributed by atoms with Gasteiger partial charge >= 0.3 is 0 Å². The van der Waals surface area contributed by atoms with Crippen molar-refractivity contribution >= 4 is 18.0 Å². The Bertz CT molecular complexity index is 593. The minimum Gasteiger partial charge on any atom is -0.298 e. The number of aldehydes is 1. The van der Waals surface area contributed by atoms with E-state index in [-0.39, 0.29) is 5.82 Å². The van der Waals surface area contributed by atoms with Gasteiger partial charge in [-0.2, -0.15) is 0 Å². The first-order valence-corrected chi connectivity index (χ1v) is 6.42. The molecule has 0 atom stereocenters. The van der Waals surface area contributed by atoms with Crippen LogP contribution >= 0.6 is 11.8 Å². The molecule has 0 fully saturated rings. The smallest absolute Gasteiger partial charge is 0.151 e. The maximum absolute atomic E-state index is 13.7. The van der Waals surface area contributed by atoms with E-state index < -0.39 is 0 Å². The summed E-state index contributed by atoms with van der Waals surface area (Å²) >= 11 is 1.28. The molecule has 0 aliphatic carbocycles. The van der Waals surface area contributed by atoms with Gasteiger partial charge in [0.25, 0.3) is 0 Å². The largest absolute Gasteiger partial charge is 0.298 e. The van der Waals surface area contributed by atoms with Crippen molar-refractivity contribution in [2.75, 3.05) is 0 Å². The third-order valence-electron chi connectivity index (χ3n) is 2.82. The van der Waals surface area contributed by atoms with E-state index in [2.05, 4.69) is 0 Å². The minimum absolute atomic E-state index is 0.358.